The van der Waals surface area contributed by atoms with Crippen molar-refractivity contribution in [3.63, 3.8) is 0 Å². The molecule has 0 saturated carbocycles. The molecule has 0 saturated heterocycles. The summed E-state index contributed by atoms with van der Waals surface area (Å²) in [6.07, 6.45) is 0.261. The van der Waals surface area contributed by atoms with Gasteiger partial charge in [-0.05, 0) is 66.9 Å². The van der Waals surface area contributed by atoms with Crippen LogP contribution in [0.25, 0.3) is 0 Å². The summed E-state index contributed by atoms with van der Waals surface area (Å²) >= 11 is 0. The van der Waals surface area contributed by atoms with E-state index >= 15 is 0 Å². The van der Waals surface area contributed by atoms with Gasteiger partial charge in [0.2, 0.25) is 5.91 Å². The fraction of sp³-hybridized carbons (Fsp3) is 0.136. The molecular weight excluding hydrogens is 372 g/mol. The molecule has 3 aromatic rings. The van der Waals surface area contributed by atoms with Crippen LogP contribution in [0.4, 0.5) is 11.4 Å². The van der Waals surface area contributed by atoms with Crippen LogP contribution >= 0.6 is 0 Å². The monoisotopic (exact) mass is 394 g/mol. The summed E-state index contributed by atoms with van der Waals surface area (Å²) in [7, 11) is -3.68. The average Bonchev–Trinajstić information content (AvgIpc) is 2.65. The number of carbonyl (C=O) groups is 1. The number of hydrogen-bond acceptors (Lipinski definition) is 3. The number of anilines is 2. The zero-order valence-corrected chi connectivity index (χ0v) is 16.6. The lowest BCUT2D eigenvalue weighted by Gasteiger charge is -2.10. The van der Waals surface area contributed by atoms with Crippen LogP contribution in [-0.4, -0.2) is 14.3 Å². The number of rotatable bonds is 6. The fourth-order valence-corrected chi connectivity index (χ4v) is 3.80. The van der Waals surface area contributed by atoms with E-state index in [0.29, 0.717) is 11.4 Å². The maximum absolute atomic E-state index is 12.4. The smallest absolute Gasteiger partial charge is 0.261 e. The van der Waals surface area contributed by atoms with Crippen molar-refractivity contribution < 1.29 is 13.2 Å². The second-order valence-electron chi connectivity index (χ2n) is 6.64. The molecule has 144 valence electrons. The lowest BCUT2D eigenvalue weighted by atomic mass is 10.0. The first-order valence-electron chi connectivity index (χ1n) is 8.87. The van der Waals surface area contributed by atoms with Crippen molar-refractivity contribution in [1.29, 1.82) is 0 Å². The Balaban J connectivity index is 1.65. The normalized spacial score (nSPS) is 11.1. The van der Waals surface area contributed by atoms with Crippen molar-refractivity contribution in [2.45, 2.75) is 25.2 Å². The first kappa shape index (κ1) is 19.6. The zero-order chi connectivity index (χ0) is 20.1. The third-order valence-electron chi connectivity index (χ3n) is 4.41. The third-order valence-corrected chi connectivity index (χ3v) is 5.81. The number of aryl methyl sites for hydroxylation is 2. The molecule has 0 aromatic heterocycles. The van der Waals surface area contributed by atoms with Crippen LogP contribution in [0.5, 0.6) is 0 Å². The molecule has 0 aliphatic carbocycles. The standard InChI is InChI=1S/C22H22N2O3S/c1-16-8-9-18(14-17(16)2)15-22(25)23-19-10-12-21(13-11-19)28(26,27)24-20-6-4-3-5-7-20/h3-14,24H,15H2,1-2H3,(H,23,25). The number of benzene rings is 3. The first-order valence-corrected chi connectivity index (χ1v) is 10.4. The van der Waals surface area contributed by atoms with E-state index in [1.807, 2.05) is 38.1 Å². The molecule has 3 rings (SSSR count). The van der Waals surface area contributed by atoms with Crippen molar-refractivity contribution in [2.24, 2.45) is 0 Å². The Morgan fingerprint density at radius 3 is 2.14 bits per heavy atom. The lowest BCUT2D eigenvalue weighted by molar-refractivity contribution is -0.115. The molecule has 0 spiro atoms. The van der Waals surface area contributed by atoms with Gasteiger partial charge < -0.3 is 5.32 Å². The van der Waals surface area contributed by atoms with Crippen molar-refractivity contribution in [3.8, 4) is 0 Å². The van der Waals surface area contributed by atoms with Crippen molar-refractivity contribution in [1.82, 2.24) is 0 Å². The molecular formula is C22H22N2O3S. The van der Waals surface area contributed by atoms with Crippen LogP contribution in [-0.2, 0) is 21.2 Å². The molecule has 1 amide bonds. The highest BCUT2D eigenvalue weighted by Gasteiger charge is 2.14. The second kappa shape index (κ2) is 8.27. The molecule has 0 bridgehead atoms. The zero-order valence-electron chi connectivity index (χ0n) is 15.8. The van der Waals surface area contributed by atoms with Gasteiger partial charge in [0.15, 0.2) is 0 Å². The van der Waals surface area contributed by atoms with Gasteiger partial charge in [-0.3, -0.25) is 9.52 Å². The Hall–Kier alpha value is -3.12. The highest BCUT2D eigenvalue weighted by Crippen LogP contribution is 2.18. The maximum Gasteiger partial charge on any atom is 0.261 e. The van der Waals surface area contributed by atoms with Crippen molar-refractivity contribution in [2.75, 3.05) is 10.0 Å². The molecule has 2 N–H and O–H groups in total. The van der Waals surface area contributed by atoms with Gasteiger partial charge in [0.05, 0.1) is 11.3 Å². The minimum Gasteiger partial charge on any atom is -0.326 e. The van der Waals surface area contributed by atoms with Gasteiger partial charge in [-0.15, -0.1) is 0 Å². The summed E-state index contributed by atoms with van der Waals surface area (Å²) in [6, 6.07) is 20.7. The van der Waals surface area contributed by atoms with E-state index in [1.165, 1.54) is 17.7 Å². The first-order chi connectivity index (χ1) is 13.3. The molecule has 3 aromatic carbocycles. The largest absolute Gasteiger partial charge is 0.326 e. The van der Waals surface area contributed by atoms with E-state index in [9.17, 15) is 13.2 Å². The molecule has 28 heavy (non-hydrogen) atoms. The quantitative estimate of drug-likeness (QED) is 0.655. The van der Waals surface area contributed by atoms with E-state index in [1.54, 1.807) is 36.4 Å². The number of para-hydroxylation sites is 1. The van der Waals surface area contributed by atoms with Crippen LogP contribution in [0.3, 0.4) is 0 Å². The van der Waals surface area contributed by atoms with Gasteiger partial charge in [-0.1, -0.05) is 36.4 Å². The minimum atomic E-state index is -3.68. The molecule has 0 atom stereocenters. The average molecular weight is 394 g/mol. The van der Waals surface area contributed by atoms with Crippen LogP contribution < -0.4 is 10.0 Å². The van der Waals surface area contributed by atoms with Gasteiger partial charge in [-0.2, -0.15) is 0 Å². The molecule has 5 nitrogen and oxygen atoms in total. The summed E-state index contributed by atoms with van der Waals surface area (Å²) in [5, 5.41) is 2.80. The molecule has 0 fully saturated rings. The number of carbonyl (C=O) groups excluding carboxylic acids is 1. The van der Waals surface area contributed by atoms with E-state index in [4.69, 9.17) is 0 Å². The number of sulfonamides is 1. The molecule has 0 radical (unpaired) electrons. The van der Waals surface area contributed by atoms with Crippen LogP contribution in [0.15, 0.2) is 77.7 Å². The molecule has 0 aliphatic rings. The third kappa shape index (κ3) is 4.98. The summed E-state index contributed by atoms with van der Waals surface area (Å²) in [6.45, 7) is 4.04. The Morgan fingerprint density at radius 2 is 1.50 bits per heavy atom. The maximum atomic E-state index is 12.4. The van der Waals surface area contributed by atoms with Crippen molar-refractivity contribution >= 4 is 27.3 Å². The Bertz CT molecular complexity index is 1080. The molecule has 0 heterocycles. The summed E-state index contributed by atoms with van der Waals surface area (Å²) in [5.41, 5.74) is 4.31. The van der Waals surface area contributed by atoms with Crippen molar-refractivity contribution in [3.05, 3.63) is 89.5 Å². The Morgan fingerprint density at radius 1 is 0.821 bits per heavy atom. The van der Waals surface area contributed by atoms with Gasteiger partial charge >= 0.3 is 0 Å². The van der Waals surface area contributed by atoms with Gasteiger partial charge in [-0.25, -0.2) is 8.42 Å². The molecule has 6 heteroatoms. The van der Waals surface area contributed by atoms with E-state index in [0.717, 1.165) is 11.1 Å². The minimum absolute atomic E-state index is 0.128. The van der Waals surface area contributed by atoms with Crippen LogP contribution in [0, 0.1) is 13.8 Å². The second-order valence-corrected chi connectivity index (χ2v) is 8.32. The van der Waals surface area contributed by atoms with Crippen LogP contribution in [0.1, 0.15) is 16.7 Å². The fourth-order valence-electron chi connectivity index (χ4n) is 2.74. The summed E-state index contributed by atoms with van der Waals surface area (Å²) in [4.78, 5) is 12.4. The highest BCUT2D eigenvalue weighted by atomic mass is 32.2. The summed E-state index contributed by atoms with van der Waals surface area (Å²) < 4.78 is 27.4. The molecule has 0 unspecified atom stereocenters. The Labute approximate surface area is 165 Å². The van der Waals surface area contributed by atoms with E-state index in [-0.39, 0.29) is 17.2 Å². The predicted molar refractivity (Wildman–Crippen MR) is 112 cm³/mol. The van der Waals surface area contributed by atoms with E-state index in [2.05, 4.69) is 10.0 Å². The topological polar surface area (TPSA) is 75.3 Å². The number of nitrogens with one attached hydrogen (secondary N) is 2. The number of amides is 1. The lowest BCUT2D eigenvalue weighted by Crippen LogP contribution is -2.15. The highest BCUT2D eigenvalue weighted by molar-refractivity contribution is 7.92. The Kier molecular flexibility index (Phi) is 5.80. The predicted octanol–water partition coefficient (Wildman–Crippen LogP) is 4.29. The van der Waals surface area contributed by atoms with Gasteiger partial charge in [0, 0.05) is 11.4 Å². The van der Waals surface area contributed by atoms with Gasteiger partial charge in [0.25, 0.3) is 10.0 Å². The van der Waals surface area contributed by atoms with E-state index < -0.39 is 10.0 Å². The number of hydrogen-bond donors (Lipinski definition) is 2. The molecule has 0 aliphatic heterocycles. The SMILES string of the molecule is Cc1ccc(CC(=O)Nc2ccc(S(=O)(=O)Nc3ccccc3)cc2)cc1C. The van der Waals surface area contributed by atoms with Crippen LogP contribution in [0.2, 0.25) is 0 Å². The van der Waals surface area contributed by atoms with Gasteiger partial charge in [0.1, 0.15) is 0 Å². The summed E-state index contributed by atoms with van der Waals surface area (Å²) in [5.74, 6) is -0.152.